The van der Waals surface area contributed by atoms with Crippen LogP contribution in [0, 0.1) is 16.7 Å². The summed E-state index contributed by atoms with van der Waals surface area (Å²) in [7, 11) is 0. The Kier molecular flexibility index (Phi) is 3.44. The van der Waals surface area contributed by atoms with E-state index in [1.807, 2.05) is 12.1 Å². The van der Waals surface area contributed by atoms with Crippen molar-refractivity contribution in [3.63, 3.8) is 0 Å². The molecule has 0 aliphatic heterocycles. The van der Waals surface area contributed by atoms with Gasteiger partial charge in [0.25, 0.3) is 0 Å². The molecule has 0 heterocycles. The van der Waals surface area contributed by atoms with Crippen LogP contribution in [0.25, 0.3) is 0 Å². The van der Waals surface area contributed by atoms with E-state index in [1.54, 1.807) is 0 Å². The van der Waals surface area contributed by atoms with E-state index in [0.717, 1.165) is 31.2 Å². The van der Waals surface area contributed by atoms with Crippen molar-refractivity contribution in [2.45, 2.75) is 44.7 Å². The highest BCUT2D eigenvalue weighted by molar-refractivity contribution is 5.27. The predicted octanol–water partition coefficient (Wildman–Crippen LogP) is 3.01. The summed E-state index contributed by atoms with van der Waals surface area (Å²) in [5, 5.41) is 12.3. The average molecular weight is 256 g/mol. The van der Waals surface area contributed by atoms with Gasteiger partial charge in [-0.15, -0.1) is 0 Å². The molecular formula is C16H20N2O. The molecule has 0 radical (unpaired) electrons. The molecule has 0 bridgehead atoms. The molecule has 3 nitrogen and oxygen atoms in total. The van der Waals surface area contributed by atoms with Crippen molar-refractivity contribution < 1.29 is 4.74 Å². The third-order valence-electron chi connectivity index (χ3n) is 4.05. The molecule has 1 aromatic rings. The van der Waals surface area contributed by atoms with Crippen LogP contribution in [0.2, 0.25) is 0 Å². The Morgan fingerprint density at radius 2 is 2.00 bits per heavy atom. The van der Waals surface area contributed by atoms with Gasteiger partial charge in [0.1, 0.15) is 5.75 Å². The summed E-state index contributed by atoms with van der Waals surface area (Å²) in [5.74, 6) is 0.916. The molecule has 0 saturated heterocycles. The Hall–Kier alpha value is -1.53. The first-order valence-electron chi connectivity index (χ1n) is 7.12. The van der Waals surface area contributed by atoms with Gasteiger partial charge >= 0.3 is 0 Å². The minimum atomic E-state index is 0.154. The van der Waals surface area contributed by atoms with E-state index in [2.05, 4.69) is 23.5 Å². The summed E-state index contributed by atoms with van der Waals surface area (Å²) in [4.78, 5) is 0. The fraction of sp³-hybridized carbons (Fsp3) is 0.562. The molecule has 1 aromatic carbocycles. The van der Waals surface area contributed by atoms with Crippen LogP contribution in [0.1, 0.15) is 37.7 Å². The van der Waals surface area contributed by atoms with Crippen LogP contribution in [0.3, 0.4) is 0 Å². The molecule has 2 saturated carbocycles. The van der Waals surface area contributed by atoms with E-state index in [9.17, 15) is 0 Å². The van der Waals surface area contributed by atoms with E-state index in [0.29, 0.717) is 13.0 Å². The van der Waals surface area contributed by atoms with E-state index in [1.165, 1.54) is 18.4 Å². The van der Waals surface area contributed by atoms with Gasteiger partial charge in [-0.05, 0) is 43.4 Å². The third-order valence-corrected chi connectivity index (χ3v) is 4.05. The van der Waals surface area contributed by atoms with Crippen molar-refractivity contribution in [1.82, 2.24) is 5.32 Å². The number of nitrogens with one attached hydrogen (secondary N) is 1. The normalized spacial score (nSPS) is 19.7. The molecule has 1 N–H and O–H groups in total. The number of hydrogen-bond acceptors (Lipinski definition) is 3. The van der Waals surface area contributed by atoms with Crippen molar-refractivity contribution in [1.29, 1.82) is 5.26 Å². The zero-order valence-corrected chi connectivity index (χ0v) is 11.2. The molecule has 0 amide bonds. The molecule has 2 fully saturated rings. The van der Waals surface area contributed by atoms with Gasteiger partial charge in [0.15, 0.2) is 0 Å². The number of nitrogens with zero attached hydrogens (tertiary/aromatic N) is 1. The van der Waals surface area contributed by atoms with Gasteiger partial charge in [-0.25, -0.2) is 0 Å². The summed E-state index contributed by atoms with van der Waals surface area (Å²) in [6.07, 6.45) is 5.52. The molecule has 0 aromatic heterocycles. The fourth-order valence-electron chi connectivity index (χ4n) is 2.21. The zero-order valence-electron chi connectivity index (χ0n) is 11.2. The average Bonchev–Trinajstić information content (AvgIpc) is 3.32. The molecule has 2 aliphatic carbocycles. The number of rotatable bonds is 7. The van der Waals surface area contributed by atoms with Crippen LogP contribution in [0.5, 0.6) is 5.75 Å². The zero-order chi connectivity index (χ0) is 13.1. The molecule has 0 spiro atoms. The van der Waals surface area contributed by atoms with E-state index >= 15 is 0 Å². The Bertz CT molecular complexity index is 467. The molecule has 2 aliphatic rings. The molecule has 0 unspecified atom stereocenters. The number of benzene rings is 1. The maximum Gasteiger partial charge on any atom is 0.119 e. The van der Waals surface area contributed by atoms with Crippen LogP contribution >= 0.6 is 0 Å². The predicted molar refractivity (Wildman–Crippen MR) is 73.7 cm³/mol. The first-order chi connectivity index (χ1) is 9.30. The quantitative estimate of drug-likeness (QED) is 0.815. The van der Waals surface area contributed by atoms with E-state index in [4.69, 9.17) is 10.00 Å². The van der Waals surface area contributed by atoms with Gasteiger partial charge < -0.3 is 10.1 Å². The van der Waals surface area contributed by atoms with Crippen molar-refractivity contribution in [3.05, 3.63) is 29.8 Å². The highest BCUT2D eigenvalue weighted by Crippen LogP contribution is 2.48. The van der Waals surface area contributed by atoms with Crippen LogP contribution in [0.15, 0.2) is 24.3 Å². The SMILES string of the molecule is N#CCC1(COc2ccc(CNC3CC3)cc2)CC1. The first kappa shape index (κ1) is 12.5. The summed E-state index contributed by atoms with van der Waals surface area (Å²) in [6.45, 7) is 1.63. The first-order valence-corrected chi connectivity index (χ1v) is 7.12. The molecule has 100 valence electrons. The van der Waals surface area contributed by atoms with Gasteiger partial charge in [-0.3, -0.25) is 0 Å². The third kappa shape index (κ3) is 3.48. The van der Waals surface area contributed by atoms with E-state index < -0.39 is 0 Å². The Labute approximate surface area is 114 Å². The lowest BCUT2D eigenvalue weighted by atomic mass is 10.1. The minimum absolute atomic E-state index is 0.154. The van der Waals surface area contributed by atoms with Gasteiger partial charge in [0, 0.05) is 24.4 Å². The van der Waals surface area contributed by atoms with Gasteiger partial charge in [0.05, 0.1) is 12.7 Å². The largest absolute Gasteiger partial charge is 0.493 e. The lowest BCUT2D eigenvalue weighted by Gasteiger charge is -2.13. The second-order valence-electron chi connectivity index (χ2n) is 5.92. The highest BCUT2D eigenvalue weighted by atomic mass is 16.5. The maximum atomic E-state index is 8.77. The maximum absolute atomic E-state index is 8.77. The number of hydrogen-bond donors (Lipinski definition) is 1. The van der Waals surface area contributed by atoms with Crippen molar-refractivity contribution in [2.24, 2.45) is 5.41 Å². The van der Waals surface area contributed by atoms with Crippen molar-refractivity contribution in [2.75, 3.05) is 6.61 Å². The summed E-state index contributed by atoms with van der Waals surface area (Å²) in [5.41, 5.74) is 1.46. The second kappa shape index (κ2) is 5.22. The smallest absolute Gasteiger partial charge is 0.119 e. The van der Waals surface area contributed by atoms with Crippen LogP contribution in [-0.4, -0.2) is 12.6 Å². The topological polar surface area (TPSA) is 45.0 Å². The number of nitriles is 1. The lowest BCUT2D eigenvalue weighted by molar-refractivity contribution is 0.237. The Morgan fingerprint density at radius 3 is 2.58 bits per heavy atom. The highest BCUT2D eigenvalue weighted by Gasteiger charge is 2.43. The molecule has 19 heavy (non-hydrogen) atoms. The van der Waals surface area contributed by atoms with Gasteiger partial charge in [-0.1, -0.05) is 12.1 Å². The molecular weight excluding hydrogens is 236 g/mol. The van der Waals surface area contributed by atoms with Crippen LogP contribution in [-0.2, 0) is 6.54 Å². The Balaban J connectivity index is 1.47. The van der Waals surface area contributed by atoms with Gasteiger partial charge in [0.2, 0.25) is 0 Å². The van der Waals surface area contributed by atoms with Crippen LogP contribution in [0.4, 0.5) is 0 Å². The van der Waals surface area contributed by atoms with E-state index in [-0.39, 0.29) is 5.41 Å². The summed E-state index contributed by atoms with van der Waals surface area (Å²) < 4.78 is 5.81. The van der Waals surface area contributed by atoms with Crippen molar-refractivity contribution in [3.8, 4) is 11.8 Å². The van der Waals surface area contributed by atoms with Crippen molar-refractivity contribution >= 4 is 0 Å². The van der Waals surface area contributed by atoms with Crippen LogP contribution < -0.4 is 10.1 Å². The molecule has 0 atom stereocenters. The fourth-order valence-corrected chi connectivity index (χ4v) is 2.21. The summed E-state index contributed by atoms with van der Waals surface area (Å²) in [6, 6.07) is 11.3. The minimum Gasteiger partial charge on any atom is -0.493 e. The second-order valence-corrected chi connectivity index (χ2v) is 5.92. The standard InChI is InChI=1S/C16H20N2O/c17-10-9-16(7-8-16)12-19-15-5-1-13(2-6-15)11-18-14-3-4-14/h1-2,5-6,14,18H,3-4,7-9,11-12H2. The molecule has 3 heteroatoms. The number of ether oxygens (including phenoxy) is 1. The lowest BCUT2D eigenvalue weighted by Crippen LogP contribution is -2.15. The summed E-state index contributed by atoms with van der Waals surface area (Å²) >= 11 is 0. The Morgan fingerprint density at radius 1 is 1.26 bits per heavy atom. The van der Waals surface area contributed by atoms with Gasteiger partial charge in [-0.2, -0.15) is 5.26 Å². The monoisotopic (exact) mass is 256 g/mol. The molecule has 3 rings (SSSR count).